The molecule has 1 aromatic rings. The second-order valence-electron chi connectivity index (χ2n) is 7.01. The second-order valence-corrected chi connectivity index (χ2v) is 8.66. The average molecular weight is 422 g/mol. The Balaban J connectivity index is 2.70. The van der Waals surface area contributed by atoms with Gasteiger partial charge in [-0.1, -0.05) is 0 Å². The standard InChI is InChI=1S/C15H24BrN3O4S/c1-14(2,3)22-12(20)17-7-8-19(11-18-10(16)9-24-11)13(21)23-15(4,5)6/h9H,7-8H2,1-6H3,(H,17,20). The Kier molecular flexibility index (Phi) is 7.03. The minimum absolute atomic E-state index is 0.214. The molecule has 2 amide bonds. The Hall–Kier alpha value is -1.35. The molecule has 0 radical (unpaired) electrons. The van der Waals surface area contributed by atoms with E-state index in [1.54, 1.807) is 46.9 Å². The molecule has 0 fully saturated rings. The van der Waals surface area contributed by atoms with Gasteiger partial charge in [-0.25, -0.2) is 14.6 Å². The van der Waals surface area contributed by atoms with E-state index in [0.29, 0.717) is 9.73 Å². The number of rotatable bonds is 4. The third-order valence-corrected chi connectivity index (χ3v) is 3.89. The van der Waals surface area contributed by atoms with Gasteiger partial charge in [0.15, 0.2) is 5.13 Å². The Morgan fingerprint density at radius 2 is 1.79 bits per heavy atom. The van der Waals surface area contributed by atoms with Crippen molar-refractivity contribution in [1.29, 1.82) is 0 Å². The average Bonchev–Trinajstić information content (AvgIpc) is 2.76. The first-order chi connectivity index (χ1) is 10.9. The van der Waals surface area contributed by atoms with Crippen molar-refractivity contribution in [3.05, 3.63) is 9.98 Å². The number of carbonyl (C=O) groups is 2. The molecule has 0 spiro atoms. The third-order valence-electron chi connectivity index (χ3n) is 2.31. The molecule has 0 atom stereocenters. The summed E-state index contributed by atoms with van der Waals surface area (Å²) in [7, 11) is 0. The number of hydrogen-bond donors (Lipinski definition) is 1. The molecule has 0 unspecified atom stereocenters. The number of carbonyl (C=O) groups excluding carboxylic acids is 2. The van der Waals surface area contributed by atoms with E-state index in [9.17, 15) is 9.59 Å². The van der Waals surface area contributed by atoms with E-state index < -0.39 is 23.4 Å². The number of nitrogens with zero attached hydrogens (tertiary/aromatic N) is 2. The monoisotopic (exact) mass is 421 g/mol. The molecule has 0 aliphatic heterocycles. The maximum Gasteiger partial charge on any atom is 0.416 e. The van der Waals surface area contributed by atoms with Gasteiger partial charge in [0.1, 0.15) is 15.8 Å². The van der Waals surface area contributed by atoms with Crippen molar-refractivity contribution in [1.82, 2.24) is 10.3 Å². The lowest BCUT2D eigenvalue weighted by atomic mass is 10.2. The highest BCUT2D eigenvalue weighted by Crippen LogP contribution is 2.25. The molecule has 1 aromatic heterocycles. The van der Waals surface area contributed by atoms with Crippen LogP contribution < -0.4 is 10.2 Å². The molecule has 0 aliphatic rings. The van der Waals surface area contributed by atoms with Crippen LogP contribution in [0.5, 0.6) is 0 Å². The summed E-state index contributed by atoms with van der Waals surface area (Å²) >= 11 is 4.57. The van der Waals surface area contributed by atoms with Crippen LogP contribution in [0.4, 0.5) is 14.7 Å². The summed E-state index contributed by atoms with van der Waals surface area (Å²) in [5.74, 6) is 0. The maximum absolute atomic E-state index is 12.4. The van der Waals surface area contributed by atoms with Crippen molar-refractivity contribution in [3.63, 3.8) is 0 Å². The van der Waals surface area contributed by atoms with Gasteiger partial charge in [0.2, 0.25) is 0 Å². The van der Waals surface area contributed by atoms with Gasteiger partial charge < -0.3 is 14.8 Å². The van der Waals surface area contributed by atoms with E-state index in [-0.39, 0.29) is 13.1 Å². The first kappa shape index (κ1) is 20.7. The molecule has 0 bridgehead atoms. The van der Waals surface area contributed by atoms with Crippen LogP contribution in [0, 0.1) is 0 Å². The van der Waals surface area contributed by atoms with Crippen molar-refractivity contribution >= 4 is 44.6 Å². The predicted molar refractivity (Wildman–Crippen MR) is 97.6 cm³/mol. The zero-order valence-electron chi connectivity index (χ0n) is 14.8. The summed E-state index contributed by atoms with van der Waals surface area (Å²) in [5, 5.41) is 4.88. The molecule has 0 saturated heterocycles. The number of anilines is 1. The molecule has 1 N–H and O–H groups in total. The molecule has 136 valence electrons. The first-order valence-corrected chi connectivity index (χ1v) is 9.13. The molecule has 1 heterocycles. The van der Waals surface area contributed by atoms with Crippen LogP contribution >= 0.6 is 27.3 Å². The molecular weight excluding hydrogens is 398 g/mol. The lowest BCUT2D eigenvalue weighted by Crippen LogP contribution is -2.42. The van der Waals surface area contributed by atoms with Gasteiger partial charge >= 0.3 is 12.2 Å². The fourth-order valence-corrected chi connectivity index (χ4v) is 2.80. The van der Waals surface area contributed by atoms with Gasteiger partial charge in [0.05, 0.1) is 0 Å². The number of amides is 2. The third kappa shape index (κ3) is 7.96. The van der Waals surface area contributed by atoms with Crippen LogP contribution in [-0.2, 0) is 9.47 Å². The molecular formula is C15H24BrN3O4S. The van der Waals surface area contributed by atoms with Gasteiger partial charge in [-0.05, 0) is 57.5 Å². The minimum atomic E-state index is -0.623. The molecule has 24 heavy (non-hydrogen) atoms. The summed E-state index contributed by atoms with van der Waals surface area (Å²) in [6.45, 7) is 11.2. The SMILES string of the molecule is CC(C)(C)OC(=O)NCCN(C(=O)OC(C)(C)C)c1nc(Br)cs1. The zero-order chi connectivity index (χ0) is 18.5. The Labute approximate surface area is 154 Å². The van der Waals surface area contributed by atoms with Crippen LogP contribution in [0.15, 0.2) is 9.98 Å². The fourth-order valence-electron chi connectivity index (χ4n) is 1.54. The van der Waals surface area contributed by atoms with Crippen molar-refractivity contribution in [2.45, 2.75) is 52.7 Å². The van der Waals surface area contributed by atoms with Crippen LogP contribution in [0.3, 0.4) is 0 Å². The van der Waals surface area contributed by atoms with Gasteiger partial charge in [-0.3, -0.25) is 4.90 Å². The van der Waals surface area contributed by atoms with Gasteiger partial charge in [-0.15, -0.1) is 11.3 Å². The van der Waals surface area contributed by atoms with Crippen molar-refractivity contribution in [3.8, 4) is 0 Å². The van der Waals surface area contributed by atoms with Gasteiger partial charge in [0, 0.05) is 18.5 Å². The van der Waals surface area contributed by atoms with E-state index in [2.05, 4.69) is 26.2 Å². The number of ether oxygens (including phenoxy) is 2. The second kappa shape index (κ2) is 8.15. The summed E-state index contributed by atoms with van der Waals surface area (Å²) in [5.41, 5.74) is -1.20. The number of halogens is 1. The first-order valence-electron chi connectivity index (χ1n) is 7.46. The molecule has 1 rings (SSSR count). The molecule has 0 aromatic carbocycles. The largest absolute Gasteiger partial charge is 0.444 e. The highest BCUT2D eigenvalue weighted by Gasteiger charge is 2.25. The lowest BCUT2D eigenvalue weighted by molar-refractivity contribution is 0.0513. The molecule has 0 saturated carbocycles. The zero-order valence-corrected chi connectivity index (χ0v) is 17.2. The highest BCUT2D eigenvalue weighted by atomic mass is 79.9. The summed E-state index contributed by atoms with van der Waals surface area (Å²) in [6, 6.07) is 0. The summed E-state index contributed by atoms with van der Waals surface area (Å²) < 4.78 is 11.2. The minimum Gasteiger partial charge on any atom is -0.444 e. The smallest absolute Gasteiger partial charge is 0.416 e. The van der Waals surface area contributed by atoms with Crippen molar-refractivity contribution in [2.24, 2.45) is 0 Å². The van der Waals surface area contributed by atoms with Gasteiger partial charge in [-0.2, -0.15) is 0 Å². The fraction of sp³-hybridized carbons (Fsp3) is 0.667. The number of nitrogens with one attached hydrogen (secondary N) is 1. The van der Waals surface area contributed by atoms with Crippen LogP contribution in [0.25, 0.3) is 0 Å². The van der Waals surface area contributed by atoms with E-state index in [0.717, 1.165) is 0 Å². The Morgan fingerprint density at radius 1 is 1.21 bits per heavy atom. The van der Waals surface area contributed by atoms with Crippen LogP contribution in [0.2, 0.25) is 0 Å². The topological polar surface area (TPSA) is 80.8 Å². The number of hydrogen-bond acceptors (Lipinski definition) is 6. The van der Waals surface area contributed by atoms with E-state index in [4.69, 9.17) is 9.47 Å². The lowest BCUT2D eigenvalue weighted by Gasteiger charge is -2.26. The normalized spacial score (nSPS) is 11.8. The van der Waals surface area contributed by atoms with Crippen LogP contribution in [0.1, 0.15) is 41.5 Å². The highest BCUT2D eigenvalue weighted by molar-refractivity contribution is 9.10. The number of alkyl carbamates (subject to hydrolysis) is 1. The van der Waals surface area contributed by atoms with E-state index >= 15 is 0 Å². The summed E-state index contributed by atoms with van der Waals surface area (Å²) in [6.07, 6.45) is -1.05. The number of thiazole rings is 1. The molecule has 0 aliphatic carbocycles. The van der Waals surface area contributed by atoms with E-state index in [1.165, 1.54) is 16.2 Å². The Morgan fingerprint density at radius 3 is 2.25 bits per heavy atom. The molecule has 9 heteroatoms. The van der Waals surface area contributed by atoms with Crippen LogP contribution in [-0.4, -0.2) is 41.5 Å². The molecule has 7 nitrogen and oxygen atoms in total. The summed E-state index contributed by atoms with van der Waals surface area (Å²) in [4.78, 5) is 29.7. The number of aromatic nitrogens is 1. The van der Waals surface area contributed by atoms with Crippen molar-refractivity contribution in [2.75, 3.05) is 18.0 Å². The van der Waals surface area contributed by atoms with E-state index in [1.807, 2.05) is 0 Å². The van der Waals surface area contributed by atoms with Crippen molar-refractivity contribution < 1.29 is 19.1 Å². The predicted octanol–water partition coefficient (Wildman–Crippen LogP) is 4.17. The van der Waals surface area contributed by atoms with Gasteiger partial charge in [0.25, 0.3) is 0 Å². The quantitative estimate of drug-likeness (QED) is 0.788. The maximum atomic E-state index is 12.4. The Bertz CT molecular complexity index is 578.